The van der Waals surface area contributed by atoms with Crippen molar-refractivity contribution in [2.75, 3.05) is 24.5 Å². The molecule has 1 saturated heterocycles. The number of alkyl halides is 3. The van der Waals surface area contributed by atoms with Gasteiger partial charge in [0.1, 0.15) is 12.2 Å². The van der Waals surface area contributed by atoms with E-state index in [4.69, 9.17) is 0 Å². The molecule has 144 valence electrons. The van der Waals surface area contributed by atoms with E-state index in [1.54, 1.807) is 11.3 Å². The predicted octanol–water partition coefficient (Wildman–Crippen LogP) is 3.28. The van der Waals surface area contributed by atoms with Gasteiger partial charge in [0.25, 0.3) is 0 Å². The number of hydrogen-bond acceptors (Lipinski definition) is 4. The van der Waals surface area contributed by atoms with Crippen molar-refractivity contribution in [3.05, 3.63) is 45.9 Å². The Bertz CT molecular complexity index is 850. The van der Waals surface area contributed by atoms with Crippen LogP contribution < -0.4 is 4.90 Å². The summed E-state index contributed by atoms with van der Waals surface area (Å²) in [4.78, 5) is 32.0. The van der Waals surface area contributed by atoms with Gasteiger partial charge in [0.2, 0.25) is 11.8 Å². The lowest BCUT2D eigenvalue weighted by atomic mass is 10.1. The highest BCUT2D eigenvalue weighted by Crippen LogP contribution is 2.30. The van der Waals surface area contributed by atoms with Crippen molar-refractivity contribution in [3.8, 4) is 0 Å². The van der Waals surface area contributed by atoms with E-state index in [-0.39, 0.29) is 31.2 Å². The summed E-state index contributed by atoms with van der Waals surface area (Å²) in [6.45, 7) is 2.30. The average Bonchev–Trinajstić information content (AvgIpc) is 3.04. The van der Waals surface area contributed by atoms with Crippen molar-refractivity contribution in [2.45, 2.75) is 25.9 Å². The summed E-state index contributed by atoms with van der Waals surface area (Å²) in [6.07, 6.45) is -2.61. The number of aryl methyl sites for hydroxylation is 2. The molecule has 0 radical (unpaired) electrons. The number of anilines is 1. The number of aromatic nitrogens is 1. The maximum absolute atomic E-state index is 12.8. The van der Waals surface area contributed by atoms with Crippen molar-refractivity contribution in [2.24, 2.45) is 0 Å². The summed E-state index contributed by atoms with van der Waals surface area (Å²) >= 11 is 1.60. The highest BCUT2D eigenvalue weighted by atomic mass is 32.1. The Morgan fingerprint density at radius 3 is 2.70 bits per heavy atom. The maximum atomic E-state index is 12.8. The van der Waals surface area contributed by atoms with Gasteiger partial charge >= 0.3 is 6.18 Å². The van der Waals surface area contributed by atoms with Crippen molar-refractivity contribution < 1.29 is 22.8 Å². The van der Waals surface area contributed by atoms with Crippen molar-refractivity contribution in [1.29, 1.82) is 0 Å². The van der Waals surface area contributed by atoms with Crippen molar-refractivity contribution >= 4 is 28.8 Å². The Hall–Kier alpha value is -2.42. The second-order valence-electron chi connectivity index (χ2n) is 6.28. The number of pyridine rings is 1. The summed E-state index contributed by atoms with van der Waals surface area (Å²) in [5.74, 6) is -0.525. The standard InChI is InChI=1S/C18H18F3N3O2S/c1-12-5-9-27-14(12)2-3-16(25)23-7-8-24(17(26)11-23)13-4-6-22-15(10-13)18(19,20)21/h4-6,9-10H,2-3,7-8,11H2,1H3. The van der Waals surface area contributed by atoms with E-state index in [9.17, 15) is 22.8 Å². The number of thiophene rings is 1. The first-order valence-electron chi connectivity index (χ1n) is 8.40. The number of carbonyl (C=O) groups is 2. The van der Waals surface area contributed by atoms with E-state index in [2.05, 4.69) is 4.98 Å². The first-order chi connectivity index (χ1) is 12.8. The zero-order valence-corrected chi connectivity index (χ0v) is 15.4. The van der Waals surface area contributed by atoms with Gasteiger partial charge in [0, 0.05) is 36.3 Å². The number of nitrogens with zero attached hydrogens (tertiary/aromatic N) is 3. The Kier molecular flexibility index (Phi) is 5.50. The minimum Gasteiger partial charge on any atom is -0.332 e. The fourth-order valence-corrected chi connectivity index (χ4v) is 3.85. The molecule has 2 aromatic heterocycles. The van der Waals surface area contributed by atoms with Gasteiger partial charge in [0.05, 0.1) is 0 Å². The Morgan fingerprint density at radius 1 is 1.30 bits per heavy atom. The van der Waals surface area contributed by atoms with Gasteiger partial charge in [-0.05, 0) is 42.5 Å². The molecule has 0 aliphatic carbocycles. The van der Waals surface area contributed by atoms with E-state index in [1.165, 1.54) is 15.9 Å². The molecule has 0 unspecified atom stereocenters. The fourth-order valence-electron chi connectivity index (χ4n) is 2.94. The SMILES string of the molecule is Cc1ccsc1CCC(=O)N1CCN(c2ccnc(C(F)(F)F)c2)C(=O)C1. The second-order valence-corrected chi connectivity index (χ2v) is 7.29. The van der Waals surface area contributed by atoms with Gasteiger partial charge in [-0.25, -0.2) is 0 Å². The zero-order chi connectivity index (χ0) is 19.6. The van der Waals surface area contributed by atoms with Crippen LogP contribution in [0.25, 0.3) is 0 Å². The van der Waals surface area contributed by atoms with Crippen LogP contribution in [0.4, 0.5) is 18.9 Å². The molecule has 1 aliphatic heterocycles. The Balaban J connectivity index is 1.61. The second kappa shape index (κ2) is 7.67. The molecule has 0 atom stereocenters. The molecule has 0 N–H and O–H groups in total. The molecule has 0 aromatic carbocycles. The van der Waals surface area contributed by atoms with Crippen LogP contribution in [-0.2, 0) is 22.2 Å². The van der Waals surface area contributed by atoms with Crippen molar-refractivity contribution in [3.63, 3.8) is 0 Å². The molecule has 1 fully saturated rings. The third-order valence-corrected chi connectivity index (χ3v) is 5.54. The number of carbonyl (C=O) groups excluding carboxylic acids is 2. The molecule has 3 rings (SSSR count). The Morgan fingerprint density at radius 2 is 2.07 bits per heavy atom. The van der Waals surface area contributed by atoms with Crippen LogP contribution in [0.15, 0.2) is 29.8 Å². The van der Waals surface area contributed by atoms with E-state index >= 15 is 0 Å². The Labute approximate surface area is 158 Å². The first kappa shape index (κ1) is 19.3. The summed E-state index contributed by atoms with van der Waals surface area (Å²) < 4.78 is 38.4. The number of halogens is 3. The van der Waals surface area contributed by atoms with Gasteiger partial charge in [-0.2, -0.15) is 13.2 Å². The van der Waals surface area contributed by atoms with E-state index in [1.807, 2.05) is 18.4 Å². The molecule has 27 heavy (non-hydrogen) atoms. The number of amides is 2. The monoisotopic (exact) mass is 397 g/mol. The van der Waals surface area contributed by atoms with Crippen LogP contribution in [0.3, 0.4) is 0 Å². The molecular weight excluding hydrogens is 379 g/mol. The molecule has 3 heterocycles. The van der Waals surface area contributed by atoms with Gasteiger partial charge < -0.3 is 9.80 Å². The summed E-state index contributed by atoms with van der Waals surface area (Å²) in [6, 6.07) is 4.22. The van der Waals surface area contributed by atoms with Crippen LogP contribution in [-0.4, -0.2) is 41.3 Å². The van der Waals surface area contributed by atoms with Crippen LogP contribution >= 0.6 is 11.3 Å². The molecule has 5 nitrogen and oxygen atoms in total. The lowest BCUT2D eigenvalue weighted by molar-refractivity contribution is -0.141. The molecule has 0 spiro atoms. The molecule has 9 heteroatoms. The third kappa shape index (κ3) is 4.47. The van der Waals surface area contributed by atoms with Crippen molar-refractivity contribution in [1.82, 2.24) is 9.88 Å². The van der Waals surface area contributed by atoms with Crippen LogP contribution in [0.5, 0.6) is 0 Å². The molecule has 0 bridgehead atoms. The number of rotatable bonds is 4. The number of hydrogen-bond donors (Lipinski definition) is 0. The van der Waals surface area contributed by atoms with E-state index < -0.39 is 17.8 Å². The number of piperazine rings is 1. The summed E-state index contributed by atoms with van der Waals surface area (Å²) in [5.41, 5.74) is 0.244. The minimum atomic E-state index is -4.57. The van der Waals surface area contributed by atoms with Gasteiger partial charge in [-0.3, -0.25) is 14.6 Å². The normalized spacial score (nSPS) is 15.3. The fraction of sp³-hybridized carbons (Fsp3) is 0.389. The van der Waals surface area contributed by atoms with Gasteiger partial charge in [-0.15, -0.1) is 11.3 Å². The third-order valence-electron chi connectivity index (χ3n) is 4.45. The average molecular weight is 397 g/mol. The lowest BCUT2D eigenvalue weighted by Gasteiger charge is -2.34. The maximum Gasteiger partial charge on any atom is 0.433 e. The van der Waals surface area contributed by atoms with Crippen LogP contribution in [0.1, 0.15) is 22.6 Å². The summed E-state index contributed by atoms with van der Waals surface area (Å²) in [7, 11) is 0. The quantitative estimate of drug-likeness (QED) is 0.796. The molecule has 1 aliphatic rings. The molecule has 0 saturated carbocycles. The molecule has 2 aromatic rings. The highest BCUT2D eigenvalue weighted by molar-refractivity contribution is 7.10. The van der Waals surface area contributed by atoms with Gasteiger partial charge in [-0.1, -0.05) is 0 Å². The van der Waals surface area contributed by atoms with E-state index in [0.29, 0.717) is 12.8 Å². The van der Waals surface area contributed by atoms with Crippen LogP contribution in [0.2, 0.25) is 0 Å². The first-order valence-corrected chi connectivity index (χ1v) is 9.28. The molecule has 2 amide bonds. The highest BCUT2D eigenvalue weighted by Gasteiger charge is 2.34. The topological polar surface area (TPSA) is 53.5 Å². The smallest absolute Gasteiger partial charge is 0.332 e. The lowest BCUT2D eigenvalue weighted by Crippen LogP contribution is -2.52. The molecular formula is C18H18F3N3O2S. The largest absolute Gasteiger partial charge is 0.433 e. The van der Waals surface area contributed by atoms with E-state index in [0.717, 1.165) is 22.7 Å². The summed E-state index contributed by atoms with van der Waals surface area (Å²) in [5, 5.41) is 1.97. The zero-order valence-electron chi connectivity index (χ0n) is 14.6. The van der Waals surface area contributed by atoms with Gasteiger partial charge in [0.15, 0.2) is 0 Å². The minimum absolute atomic E-state index is 0.124. The predicted molar refractivity (Wildman–Crippen MR) is 95.5 cm³/mol. The van der Waals surface area contributed by atoms with Crippen LogP contribution in [0, 0.1) is 6.92 Å².